The first-order chi connectivity index (χ1) is 14.3. The molecule has 1 N–H and O–H groups in total. The largest absolute Gasteiger partial charge is 0.325 e. The van der Waals surface area contributed by atoms with Gasteiger partial charge in [0.05, 0.1) is 6.54 Å². The highest BCUT2D eigenvalue weighted by Crippen LogP contribution is 2.13. The van der Waals surface area contributed by atoms with Crippen molar-refractivity contribution >= 4 is 33.5 Å². The number of carbonyl (C=O) groups is 2. The average Bonchev–Trinajstić information content (AvgIpc) is 2.73. The van der Waals surface area contributed by atoms with Gasteiger partial charge in [-0.15, -0.1) is 0 Å². The summed E-state index contributed by atoms with van der Waals surface area (Å²) >= 11 is 0. The quantitative estimate of drug-likeness (QED) is 0.686. The summed E-state index contributed by atoms with van der Waals surface area (Å²) in [5.41, 5.74) is 1.93. The zero-order valence-electron chi connectivity index (χ0n) is 16.8. The Hall–Kier alpha value is -2.81. The molecule has 0 aliphatic carbocycles. The van der Waals surface area contributed by atoms with Crippen LogP contribution >= 0.6 is 0 Å². The lowest BCUT2D eigenvalue weighted by Crippen LogP contribution is -2.49. The second kappa shape index (κ2) is 9.80. The first-order valence-corrected chi connectivity index (χ1v) is 11.2. The van der Waals surface area contributed by atoms with Gasteiger partial charge in [0, 0.05) is 42.8 Å². The highest BCUT2D eigenvalue weighted by Gasteiger charge is 2.25. The van der Waals surface area contributed by atoms with E-state index in [0.29, 0.717) is 37.4 Å². The molecular weight excluding hydrogens is 402 g/mol. The molecule has 2 aromatic rings. The Kier molecular flexibility index (Phi) is 7.15. The fraction of sp³-hybridized carbons (Fsp3) is 0.273. The van der Waals surface area contributed by atoms with Gasteiger partial charge in [-0.3, -0.25) is 14.5 Å². The lowest BCUT2D eigenvalue weighted by Gasteiger charge is -2.32. The molecule has 158 valence electrons. The van der Waals surface area contributed by atoms with E-state index < -0.39 is 10.0 Å². The smallest absolute Gasteiger partial charge is 0.238 e. The van der Waals surface area contributed by atoms with Gasteiger partial charge in [-0.2, -0.15) is 4.31 Å². The van der Waals surface area contributed by atoms with E-state index in [1.54, 1.807) is 30.3 Å². The van der Waals surface area contributed by atoms with Crippen LogP contribution in [0.5, 0.6) is 0 Å². The van der Waals surface area contributed by atoms with E-state index in [1.165, 1.54) is 16.6 Å². The Morgan fingerprint density at radius 1 is 1.00 bits per heavy atom. The number of sulfonamides is 1. The number of benzene rings is 2. The molecule has 0 bridgehead atoms. The minimum Gasteiger partial charge on any atom is -0.325 e. The number of hydrogen-bond acceptors (Lipinski definition) is 5. The number of Topliss-reactive ketones (excluding diaryl/α,β-unsaturated/α-hetero) is 1. The highest BCUT2D eigenvalue weighted by atomic mass is 32.2. The summed E-state index contributed by atoms with van der Waals surface area (Å²) < 4.78 is 26.5. The second-order valence-corrected chi connectivity index (χ2v) is 8.94. The standard InChI is InChI=1S/C22H25N3O4S/c1-18(26)20-8-5-9-21(16-20)23-22(27)17-24-11-13-25(14-12-24)30(28,29)15-10-19-6-3-2-4-7-19/h2-10,15-16H,11-14,17H2,1H3,(H,23,27)/b15-10+. The fourth-order valence-corrected chi connectivity index (χ4v) is 4.35. The van der Waals surface area contributed by atoms with E-state index in [2.05, 4.69) is 5.32 Å². The van der Waals surface area contributed by atoms with Crippen LogP contribution in [0.3, 0.4) is 0 Å². The van der Waals surface area contributed by atoms with Gasteiger partial charge in [0.25, 0.3) is 0 Å². The van der Waals surface area contributed by atoms with E-state index in [9.17, 15) is 18.0 Å². The van der Waals surface area contributed by atoms with Crippen molar-refractivity contribution in [3.05, 3.63) is 71.1 Å². The molecule has 8 heteroatoms. The predicted molar refractivity (Wildman–Crippen MR) is 117 cm³/mol. The van der Waals surface area contributed by atoms with Crippen molar-refractivity contribution in [2.45, 2.75) is 6.92 Å². The number of nitrogens with one attached hydrogen (secondary N) is 1. The summed E-state index contributed by atoms with van der Waals surface area (Å²) in [5, 5.41) is 4.02. The molecule has 0 aromatic heterocycles. The monoisotopic (exact) mass is 427 g/mol. The summed E-state index contributed by atoms with van der Waals surface area (Å²) in [6, 6.07) is 16.1. The third kappa shape index (κ3) is 6.09. The lowest BCUT2D eigenvalue weighted by molar-refractivity contribution is -0.117. The molecule has 1 heterocycles. The van der Waals surface area contributed by atoms with Crippen LogP contribution in [-0.4, -0.2) is 62.0 Å². The Bertz CT molecular complexity index is 1030. The summed E-state index contributed by atoms with van der Waals surface area (Å²) in [7, 11) is -3.50. The van der Waals surface area contributed by atoms with Crippen LogP contribution in [-0.2, 0) is 14.8 Å². The minimum atomic E-state index is -3.50. The molecule has 0 spiro atoms. The topological polar surface area (TPSA) is 86.8 Å². The lowest BCUT2D eigenvalue weighted by atomic mass is 10.1. The van der Waals surface area contributed by atoms with Gasteiger partial charge in [-0.1, -0.05) is 42.5 Å². The number of anilines is 1. The first-order valence-electron chi connectivity index (χ1n) is 9.70. The molecule has 30 heavy (non-hydrogen) atoms. The molecule has 1 fully saturated rings. The van der Waals surface area contributed by atoms with E-state index in [1.807, 2.05) is 35.2 Å². The van der Waals surface area contributed by atoms with Crippen molar-refractivity contribution in [1.29, 1.82) is 0 Å². The van der Waals surface area contributed by atoms with Gasteiger partial charge >= 0.3 is 0 Å². The SMILES string of the molecule is CC(=O)c1cccc(NC(=O)CN2CCN(S(=O)(=O)/C=C/c3ccccc3)CC2)c1. The highest BCUT2D eigenvalue weighted by molar-refractivity contribution is 7.92. The van der Waals surface area contributed by atoms with Gasteiger partial charge in [0.15, 0.2) is 5.78 Å². The third-order valence-electron chi connectivity index (χ3n) is 4.84. The van der Waals surface area contributed by atoms with Gasteiger partial charge in [0.2, 0.25) is 15.9 Å². The number of hydrogen-bond donors (Lipinski definition) is 1. The molecule has 1 amide bonds. The molecule has 3 rings (SSSR count). The molecule has 2 aromatic carbocycles. The zero-order valence-corrected chi connectivity index (χ0v) is 17.6. The summed E-state index contributed by atoms with van der Waals surface area (Å²) in [6.07, 6.45) is 1.59. The van der Waals surface area contributed by atoms with Crippen molar-refractivity contribution in [2.24, 2.45) is 0 Å². The molecule has 0 saturated carbocycles. The van der Waals surface area contributed by atoms with E-state index in [-0.39, 0.29) is 18.2 Å². The Morgan fingerprint density at radius 3 is 2.37 bits per heavy atom. The molecular formula is C22H25N3O4S. The predicted octanol–water partition coefficient (Wildman–Crippen LogP) is 2.45. The second-order valence-electron chi connectivity index (χ2n) is 7.12. The molecule has 1 aliphatic heterocycles. The fourth-order valence-electron chi connectivity index (χ4n) is 3.18. The molecule has 0 unspecified atom stereocenters. The van der Waals surface area contributed by atoms with Crippen molar-refractivity contribution < 1.29 is 18.0 Å². The number of carbonyl (C=O) groups excluding carboxylic acids is 2. The summed E-state index contributed by atoms with van der Waals surface area (Å²) in [4.78, 5) is 25.7. The normalized spacial score (nSPS) is 15.9. The number of ketones is 1. The van der Waals surface area contributed by atoms with Crippen LogP contribution in [0.15, 0.2) is 60.0 Å². The average molecular weight is 428 g/mol. The number of piperazine rings is 1. The van der Waals surface area contributed by atoms with E-state index in [4.69, 9.17) is 0 Å². The van der Waals surface area contributed by atoms with Gasteiger partial charge in [-0.25, -0.2) is 8.42 Å². The summed E-state index contributed by atoms with van der Waals surface area (Å²) in [5.74, 6) is -0.263. The number of rotatable bonds is 7. The van der Waals surface area contributed by atoms with E-state index >= 15 is 0 Å². The van der Waals surface area contributed by atoms with Crippen LogP contribution in [0.1, 0.15) is 22.8 Å². The maximum Gasteiger partial charge on any atom is 0.238 e. The molecule has 0 atom stereocenters. The minimum absolute atomic E-state index is 0.0651. The van der Waals surface area contributed by atoms with Crippen LogP contribution in [0, 0.1) is 0 Å². The van der Waals surface area contributed by atoms with Crippen molar-refractivity contribution in [3.8, 4) is 0 Å². The number of nitrogens with zero attached hydrogens (tertiary/aromatic N) is 2. The molecule has 7 nitrogen and oxygen atoms in total. The van der Waals surface area contributed by atoms with Crippen molar-refractivity contribution in [3.63, 3.8) is 0 Å². The maximum atomic E-state index is 12.5. The van der Waals surface area contributed by atoms with Gasteiger partial charge in [0.1, 0.15) is 0 Å². The summed E-state index contributed by atoms with van der Waals surface area (Å²) in [6.45, 7) is 3.24. The van der Waals surface area contributed by atoms with Gasteiger partial charge < -0.3 is 5.32 Å². The maximum absolute atomic E-state index is 12.5. The van der Waals surface area contributed by atoms with Crippen LogP contribution in [0.4, 0.5) is 5.69 Å². The Balaban J connectivity index is 1.50. The molecule has 0 radical (unpaired) electrons. The molecule has 1 aliphatic rings. The zero-order chi connectivity index (χ0) is 21.6. The molecule has 1 saturated heterocycles. The van der Waals surface area contributed by atoms with Crippen LogP contribution in [0.25, 0.3) is 6.08 Å². The first kappa shape index (κ1) is 21.9. The van der Waals surface area contributed by atoms with Crippen LogP contribution < -0.4 is 5.32 Å². The van der Waals surface area contributed by atoms with E-state index in [0.717, 1.165) is 5.56 Å². The van der Waals surface area contributed by atoms with Crippen LogP contribution in [0.2, 0.25) is 0 Å². The van der Waals surface area contributed by atoms with Gasteiger partial charge in [-0.05, 0) is 30.7 Å². The van der Waals surface area contributed by atoms with Crippen molar-refractivity contribution in [2.75, 3.05) is 38.0 Å². The van der Waals surface area contributed by atoms with Crippen molar-refractivity contribution in [1.82, 2.24) is 9.21 Å². The Morgan fingerprint density at radius 2 is 1.70 bits per heavy atom. The third-order valence-corrected chi connectivity index (χ3v) is 6.41. The number of amides is 1. The Labute approximate surface area is 177 Å².